The summed E-state index contributed by atoms with van der Waals surface area (Å²) in [4.78, 5) is 14.0. The van der Waals surface area contributed by atoms with Crippen LogP contribution < -0.4 is 4.74 Å². The van der Waals surface area contributed by atoms with Gasteiger partial charge in [-0.3, -0.25) is 4.79 Å². The number of amides is 1. The highest BCUT2D eigenvalue weighted by Crippen LogP contribution is 2.30. The second-order valence-corrected chi connectivity index (χ2v) is 8.38. The molecule has 0 spiro atoms. The van der Waals surface area contributed by atoms with Crippen molar-refractivity contribution in [3.05, 3.63) is 23.3 Å². The third-order valence-corrected chi connectivity index (χ3v) is 6.72. The van der Waals surface area contributed by atoms with Crippen LogP contribution in [0.2, 0.25) is 0 Å². The van der Waals surface area contributed by atoms with Gasteiger partial charge in [-0.1, -0.05) is 0 Å². The fraction of sp³-hybridized carbons (Fsp3) is 0.588. The first-order valence-electron chi connectivity index (χ1n) is 8.05. The van der Waals surface area contributed by atoms with E-state index < -0.39 is 10.0 Å². The lowest BCUT2D eigenvalue weighted by Crippen LogP contribution is -2.43. The van der Waals surface area contributed by atoms with Crippen molar-refractivity contribution in [2.24, 2.45) is 5.92 Å². The Labute approximate surface area is 144 Å². The van der Waals surface area contributed by atoms with Crippen molar-refractivity contribution < 1.29 is 17.9 Å². The van der Waals surface area contributed by atoms with E-state index in [2.05, 4.69) is 0 Å². The average Bonchev–Trinajstić information content (AvgIpc) is 2.53. The fourth-order valence-electron chi connectivity index (χ4n) is 3.27. The van der Waals surface area contributed by atoms with E-state index in [4.69, 9.17) is 4.74 Å². The molecule has 1 saturated heterocycles. The number of sulfonamides is 1. The third-order valence-electron chi connectivity index (χ3n) is 4.51. The molecule has 1 aliphatic rings. The van der Waals surface area contributed by atoms with Crippen molar-refractivity contribution in [3.8, 4) is 5.75 Å². The summed E-state index contributed by atoms with van der Waals surface area (Å²) < 4.78 is 32.8. The summed E-state index contributed by atoms with van der Waals surface area (Å²) in [5.41, 5.74) is 1.36. The molecule has 134 valence electrons. The van der Waals surface area contributed by atoms with Crippen molar-refractivity contribution >= 4 is 15.9 Å². The summed E-state index contributed by atoms with van der Waals surface area (Å²) in [7, 11) is 1.46. The summed E-state index contributed by atoms with van der Waals surface area (Å²) in [6, 6.07) is 3.48. The third kappa shape index (κ3) is 3.57. The Balaban J connectivity index is 2.23. The molecular formula is C17H26N2O4S. The van der Waals surface area contributed by atoms with Gasteiger partial charge in [-0.25, -0.2) is 8.42 Å². The smallest absolute Gasteiger partial charge is 0.243 e. The van der Waals surface area contributed by atoms with Crippen molar-refractivity contribution in [1.82, 2.24) is 9.21 Å². The predicted molar refractivity (Wildman–Crippen MR) is 92.6 cm³/mol. The molecule has 7 heteroatoms. The number of ether oxygens (including phenoxy) is 1. The number of hydrogen-bond donors (Lipinski definition) is 0. The zero-order chi connectivity index (χ0) is 18.1. The molecule has 1 amide bonds. The van der Waals surface area contributed by atoms with E-state index in [0.717, 1.165) is 0 Å². The second-order valence-electron chi connectivity index (χ2n) is 6.50. The zero-order valence-corrected chi connectivity index (χ0v) is 15.8. The molecule has 0 unspecified atom stereocenters. The molecule has 1 aromatic rings. The fourth-order valence-corrected chi connectivity index (χ4v) is 5.15. The first-order valence-corrected chi connectivity index (χ1v) is 9.49. The van der Waals surface area contributed by atoms with E-state index in [1.165, 1.54) is 4.31 Å². The molecule has 0 saturated carbocycles. The minimum absolute atomic E-state index is 0.0730. The Bertz CT molecular complexity index is 697. The standard InChI is InChI=1S/C17H26N2O4S/c1-12-10-15(23-5)11-13(2)16(12)24(21,22)19-8-6-14(7-9-19)17(20)18(3)4/h10-11,14H,6-9H2,1-5H3. The molecule has 0 aliphatic carbocycles. The number of piperidine rings is 1. The molecule has 1 fully saturated rings. The van der Waals surface area contributed by atoms with Gasteiger partial charge in [-0.05, 0) is 49.9 Å². The highest BCUT2D eigenvalue weighted by atomic mass is 32.2. The molecule has 0 bridgehead atoms. The second kappa shape index (κ2) is 7.11. The highest BCUT2D eigenvalue weighted by Gasteiger charge is 2.34. The molecule has 0 aromatic heterocycles. The largest absolute Gasteiger partial charge is 0.497 e. The number of methoxy groups -OCH3 is 1. The molecule has 0 radical (unpaired) electrons. The number of hydrogen-bond acceptors (Lipinski definition) is 4. The molecule has 1 aromatic carbocycles. The van der Waals surface area contributed by atoms with Crippen LogP contribution in [0, 0.1) is 19.8 Å². The Morgan fingerprint density at radius 3 is 2.08 bits per heavy atom. The lowest BCUT2D eigenvalue weighted by atomic mass is 9.97. The molecule has 1 aliphatic heterocycles. The quantitative estimate of drug-likeness (QED) is 0.827. The Morgan fingerprint density at radius 1 is 1.17 bits per heavy atom. The predicted octanol–water partition coefficient (Wildman–Crippen LogP) is 1.80. The maximum Gasteiger partial charge on any atom is 0.243 e. The maximum absolute atomic E-state index is 13.0. The first-order chi connectivity index (χ1) is 11.2. The van der Waals surface area contributed by atoms with Crippen molar-refractivity contribution in [1.29, 1.82) is 0 Å². The number of aryl methyl sites for hydroxylation is 2. The first kappa shape index (κ1) is 18.7. The Morgan fingerprint density at radius 2 is 1.67 bits per heavy atom. The van der Waals surface area contributed by atoms with Gasteiger partial charge in [0.1, 0.15) is 5.75 Å². The van der Waals surface area contributed by atoms with Gasteiger partial charge >= 0.3 is 0 Å². The van der Waals surface area contributed by atoms with Crippen LogP contribution in [-0.4, -0.2) is 57.8 Å². The molecule has 1 heterocycles. The van der Waals surface area contributed by atoms with Gasteiger partial charge in [0.05, 0.1) is 12.0 Å². The van der Waals surface area contributed by atoms with Crippen LogP contribution in [0.25, 0.3) is 0 Å². The van der Waals surface area contributed by atoms with Gasteiger partial charge in [-0.2, -0.15) is 4.31 Å². The van der Waals surface area contributed by atoms with Gasteiger partial charge in [-0.15, -0.1) is 0 Å². The van der Waals surface area contributed by atoms with E-state index in [1.807, 2.05) is 0 Å². The van der Waals surface area contributed by atoms with Gasteiger partial charge in [0, 0.05) is 33.1 Å². The van der Waals surface area contributed by atoms with Crippen LogP contribution >= 0.6 is 0 Å². The van der Waals surface area contributed by atoms with Crippen molar-refractivity contribution in [2.45, 2.75) is 31.6 Å². The van der Waals surface area contributed by atoms with E-state index in [9.17, 15) is 13.2 Å². The number of rotatable bonds is 4. The van der Waals surface area contributed by atoms with Gasteiger partial charge < -0.3 is 9.64 Å². The van der Waals surface area contributed by atoms with Gasteiger partial charge in [0.15, 0.2) is 0 Å². The van der Waals surface area contributed by atoms with Crippen LogP contribution in [0.15, 0.2) is 17.0 Å². The lowest BCUT2D eigenvalue weighted by Gasteiger charge is -2.32. The minimum atomic E-state index is -3.56. The molecule has 6 nitrogen and oxygen atoms in total. The molecular weight excluding hydrogens is 328 g/mol. The van der Waals surface area contributed by atoms with Crippen LogP contribution in [-0.2, 0) is 14.8 Å². The summed E-state index contributed by atoms with van der Waals surface area (Å²) in [5, 5.41) is 0. The van der Waals surface area contributed by atoms with Gasteiger partial charge in [0.25, 0.3) is 0 Å². The summed E-state index contributed by atoms with van der Waals surface area (Å²) in [6.45, 7) is 4.31. The van der Waals surface area contributed by atoms with Crippen LogP contribution in [0.3, 0.4) is 0 Å². The molecule has 2 rings (SSSR count). The summed E-state index contributed by atoms with van der Waals surface area (Å²) in [5.74, 6) is 0.632. The van der Waals surface area contributed by atoms with Crippen LogP contribution in [0.1, 0.15) is 24.0 Å². The van der Waals surface area contributed by atoms with E-state index in [-0.39, 0.29) is 11.8 Å². The summed E-state index contributed by atoms with van der Waals surface area (Å²) >= 11 is 0. The highest BCUT2D eigenvalue weighted by molar-refractivity contribution is 7.89. The average molecular weight is 354 g/mol. The van der Waals surface area contributed by atoms with Crippen LogP contribution in [0.4, 0.5) is 0 Å². The van der Waals surface area contributed by atoms with Gasteiger partial charge in [0.2, 0.25) is 15.9 Å². The van der Waals surface area contributed by atoms with Crippen molar-refractivity contribution in [3.63, 3.8) is 0 Å². The minimum Gasteiger partial charge on any atom is -0.497 e. The normalized spacial score (nSPS) is 16.9. The Hall–Kier alpha value is -1.60. The molecule has 24 heavy (non-hydrogen) atoms. The molecule has 0 atom stereocenters. The van der Waals surface area contributed by atoms with Crippen LogP contribution in [0.5, 0.6) is 5.75 Å². The number of nitrogens with zero attached hydrogens (tertiary/aromatic N) is 2. The number of carbonyl (C=O) groups is 1. The number of carbonyl (C=O) groups excluding carboxylic acids is 1. The molecule has 0 N–H and O–H groups in total. The Kier molecular flexibility index (Phi) is 5.55. The lowest BCUT2D eigenvalue weighted by molar-refractivity contribution is -0.134. The maximum atomic E-state index is 13.0. The summed E-state index contributed by atoms with van der Waals surface area (Å²) in [6.07, 6.45) is 1.12. The van der Waals surface area contributed by atoms with E-state index in [0.29, 0.717) is 47.7 Å². The van der Waals surface area contributed by atoms with E-state index >= 15 is 0 Å². The zero-order valence-electron chi connectivity index (χ0n) is 15.0. The monoisotopic (exact) mass is 354 g/mol. The van der Waals surface area contributed by atoms with Crippen molar-refractivity contribution in [2.75, 3.05) is 34.3 Å². The van der Waals surface area contributed by atoms with E-state index in [1.54, 1.807) is 52.1 Å². The SMILES string of the molecule is COc1cc(C)c(S(=O)(=O)N2CCC(C(=O)N(C)C)CC2)c(C)c1. The topological polar surface area (TPSA) is 66.9 Å². The number of benzene rings is 1.